The van der Waals surface area contributed by atoms with Crippen molar-refractivity contribution < 1.29 is 0 Å². The summed E-state index contributed by atoms with van der Waals surface area (Å²) in [6, 6.07) is 69.7. The van der Waals surface area contributed by atoms with Crippen molar-refractivity contribution in [1.29, 1.82) is 0 Å². The van der Waals surface area contributed by atoms with Crippen molar-refractivity contribution >= 4 is 32.3 Å². The number of hydrogen-bond donors (Lipinski definition) is 0. The van der Waals surface area contributed by atoms with E-state index in [9.17, 15) is 0 Å². The van der Waals surface area contributed by atoms with Crippen molar-refractivity contribution in [2.45, 2.75) is 57.8 Å². The van der Waals surface area contributed by atoms with Gasteiger partial charge in [0.05, 0.1) is 5.41 Å². The van der Waals surface area contributed by atoms with Gasteiger partial charge in [-0.05, 0) is 138 Å². The Hall–Kier alpha value is -6.76. The molecule has 0 bridgehead atoms. The number of benzene rings is 10. The van der Waals surface area contributed by atoms with Crippen molar-refractivity contribution in [3.8, 4) is 55.6 Å². The average molecular weight is 781 g/mol. The Labute approximate surface area is 359 Å². The Kier molecular flexibility index (Phi) is 7.48. The van der Waals surface area contributed by atoms with Crippen molar-refractivity contribution in [2.24, 2.45) is 0 Å². The highest BCUT2D eigenvalue weighted by atomic mass is 14.5. The van der Waals surface area contributed by atoms with E-state index in [0.717, 1.165) is 0 Å². The molecule has 0 heterocycles. The molecule has 0 saturated heterocycles. The van der Waals surface area contributed by atoms with E-state index in [1.165, 1.54) is 121 Å². The fourth-order valence-corrected chi connectivity index (χ4v) is 11.1. The van der Waals surface area contributed by atoms with Gasteiger partial charge in [-0.15, -0.1) is 0 Å². The molecule has 2 aliphatic carbocycles. The van der Waals surface area contributed by atoms with E-state index in [-0.39, 0.29) is 16.2 Å². The third-order valence-corrected chi connectivity index (χ3v) is 14.2. The van der Waals surface area contributed by atoms with Gasteiger partial charge in [-0.25, -0.2) is 0 Å². The Bertz CT molecular complexity index is 3320. The first-order valence-corrected chi connectivity index (χ1v) is 21.9. The van der Waals surface area contributed by atoms with Crippen LogP contribution >= 0.6 is 0 Å². The Balaban J connectivity index is 1.01. The molecule has 1 spiro atoms. The smallest absolute Gasteiger partial charge is 0.0619 e. The lowest BCUT2D eigenvalue weighted by Gasteiger charge is -2.30. The molecule has 0 saturated carbocycles. The van der Waals surface area contributed by atoms with Gasteiger partial charge in [-0.3, -0.25) is 0 Å². The second-order valence-electron chi connectivity index (χ2n) is 19.7. The standard InChI is InChI=1S/C61H48/c1-59(2,3)43-33-42(34-44(36-43)60(4,5)6)37-19-21-38(22-20-37)45-28-23-39-26-32-52-46(29-24-40-25-31-51(45)57(39)58(40)52)41-27-30-50-49-15-9-12-18-55(49)61(56(50)35-41)53-16-10-7-13-47(53)48-14-8-11-17-54(48)61/h7-36H,1-6H3. The zero-order chi connectivity index (χ0) is 41.4. The van der Waals surface area contributed by atoms with E-state index < -0.39 is 0 Å². The lowest BCUT2D eigenvalue weighted by Crippen LogP contribution is -2.25. The van der Waals surface area contributed by atoms with E-state index in [4.69, 9.17) is 0 Å². The maximum atomic E-state index is 2.52. The first-order chi connectivity index (χ1) is 29.5. The van der Waals surface area contributed by atoms with Crippen molar-refractivity contribution in [2.75, 3.05) is 0 Å². The molecule has 12 rings (SSSR count). The van der Waals surface area contributed by atoms with Gasteiger partial charge in [0.15, 0.2) is 0 Å². The van der Waals surface area contributed by atoms with Crippen LogP contribution in [0, 0.1) is 0 Å². The molecule has 10 aromatic carbocycles. The summed E-state index contributed by atoms with van der Waals surface area (Å²) in [7, 11) is 0. The van der Waals surface area contributed by atoms with Crippen LogP contribution < -0.4 is 0 Å². The zero-order valence-electron chi connectivity index (χ0n) is 35.8. The van der Waals surface area contributed by atoms with E-state index in [1.807, 2.05) is 0 Å². The molecule has 0 N–H and O–H groups in total. The van der Waals surface area contributed by atoms with Gasteiger partial charge in [0, 0.05) is 0 Å². The molecule has 0 aliphatic heterocycles. The van der Waals surface area contributed by atoms with Gasteiger partial charge in [0.2, 0.25) is 0 Å². The topological polar surface area (TPSA) is 0 Å². The zero-order valence-corrected chi connectivity index (χ0v) is 35.8. The summed E-state index contributed by atoms with van der Waals surface area (Å²) in [5.74, 6) is 0. The highest BCUT2D eigenvalue weighted by Gasteiger charge is 2.51. The molecule has 0 aromatic heterocycles. The minimum atomic E-state index is -0.367. The minimum absolute atomic E-state index is 0.0700. The van der Waals surface area contributed by atoms with Crippen LogP contribution in [0.2, 0.25) is 0 Å². The predicted molar refractivity (Wildman–Crippen MR) is 260 cm³/mol. The van der Waals surface area contributed by atoms with E-state index in [1.54, 1.807) is 0 Å². The first-order valence-electron chi connectivity index (χ1n) is 21.9. The molecule has 0 atom stereocenters. The lowest BCUT2D eigenvalue weighted by molar-refractivity contribution is 0.569. The second-order valence-corrected chi connectivity index (χ2v) is 19.7. The highest BCUT2D eigenvalue weighted by Crippen LogP contribution is 2.63. The van der Waals surface area contributed by atoms with Crippen LogP contribution in [0.3, 0.4) is 0 Å². The number of rotatable bonds is 3. The monoisotopic (exact) mass is 780 g/mol. The molecule has 61 heavy (non-hydrogen) atoms. The van der Waals surface area contributed by atoms with Crippen LogP contribution in [0.4, 0.5) is 0 Å². The fraction of sp³-hybridized carbons (Fsp3) is 0.148. The van der Waals surface area contributed by atoms with Gasteiger partial charge in [-0.1, -0.05) is 217 Å². The molecule has 10 aromatic rings. The van der Waals surface area contributed by atoms with Gasteiger partial charge < -0.3 is 0 Å². The maximum Gasteiger partial charge on any atom is 0.0725 e. The predicted octanol–water partition coefficient (Wildman–Crippen LogP) is 16.5. The molecule has 0 unspecified atom stereocenters. The first kappa shape index (κ1) is 36.1. The molecule has 0 fully saturated rings. The van der Waals surface area contributed by atoms with Gasteiger partial charge in [0.25, 0.3) is 0 Å². The molecule has 0 heteroatoms. The van der Waals surface area contributed by atoms with Crippen LogP contribution in [-0.4, -0.2) is 0 Å². The molecular formula is C61H48. The molecule has 2 aliphatic rings. The van der Waals surface area contributed by atoms with Crippen LogP contribution in [0.1, 0.15) is 74.9 Å². The highest BCUT2D eigenvalue weighted by molar-refractivity contribution is 6.27. The third kappa shape index (κ3) is 5.12. The van der Waals surface area contributed by atoms with Crippen molar-refractivity contribution in [3.05, 3.63) is 215 Å². The van der Waals surface area contributed by atoms with Gasteiger partial charge >= 0.3 is 0 Å². The maximum absolute atomic E-state index is 2.52. The van der Waals surface area contributed by atoms with E-state index in [2.05, 4.69) is 224 Å². The molecule has 0 amide bonds. The summed E-state index contributed by atoms with van der Waals surface area (Å²) in [6.07, 6.45) is 0. The average Bonchev–Trinajstić information content (AvgIpc) is 3.74. The lowest BCUT2D eigenvalue weighted by atomic mass is 9.70. The number of fused-ring (bicyclic) bond motifs is 10. The van der Waals surface area contributed by atoms with Gasteiger partial charge in [-0.2, -0.15) is 0 Å². The van der Waals surface area contributed by atoms with E-state index >= 15 is 0 Å². The van der Waals surface area contributed by atoms with Crippen LogP contribution in [0.15, 0.2) is 182 Å². The van der Waals surface area contributed by atoms with Crippen LogP contribution in [0.25, 0.3) is 88.0 Å². The summed E-state index contributed by atoms with van der Waals surface area (Å²) in [5, 5.41) is 7.84. The van der Waals surface area contributed by atoms with Crippen LogP contribution in [-0.2, 0) is 16.2 Å². The molecular weight excluding hydrogens is 733 g/mol. The minimum Gasteiger partial charge on any atom is -0.0619 e. The Morgan fingerprint density at radius 1 is 0.295 bits per heavy atom. The third-order valence-electron chi connectivity index (χ3n) is 14.2. The van der Waals surface area contributed by atoms with Crippen LogP contribution in [0.5, 0.6) is 0 Å². The van der Waals surface area contributed by atoms with Crippen molar-refractivity contribution in [3.63, 3.8) is 0 Å². The Morgan fingerprint density at radius 2 is 0.689 bits per heavy atom. The summed E-state index contributed by atoms with van der Waals surface area (Å²) in [5.41, 5.74) is 21.0. The fourth-order valence-electron chi connectivity index (χ4n) is 11.1. The summed E-state index contributed by atoms with van der Waals surface area (Å²) < 4.78 is 0. The molecule has 0 radical (unpaired) electrons. The quantitative estimate of drug-likeness (QED) is 0.157. The SMILES string of the molecule is CC(C)(C)c1cc(-c2ccc(-c3ccc4ccc5c(-c6ccc7c(c6)C6(c8ccccc8-c8ccccc86)c6ccccc6-7)ccc6ccc3c4c65)cc2)cc(C(C)(C)C)c1. The number of hydrogen-bond acceptors (Lipinski definition) is 0. The molecule has 292 valence electrons. The Morgan fingerprint density at radius 3 is 1.18 bits per heavy atom. The summed E-state index contributed by atoms with van der Waals surface area (Å²) >= 11 is 0. The largest absolute Gasteiger partial charge is 0.0725 e. The summed E-state index contributed by atoms with van der Waals surface area (Å²) in [6.45, 7) is 13.9. The summed E-state index contributed by atoms with van der Waals surface area (Å²) in [4.78, 5) is 0. The second kappa shape index (κ2) is 12.6. The van der Waals surface area contributed by atoms with Gasteiger partial charge in [0.1, 0.15) is 0 Å². The normalized spacial score (nSPS) is 13.9. The molecule has 0 nitrogen and oxygen atoms in total. The van der Waals surface area contributed by atoms with Crippen molar-refractivity contribution in [1.82, 2.24) is 0 Å². The van der Waals surface area contributed by atoms with E-state index in [0.29, 0.717) is 0 Å².